The number of alkyl halides is 3. The molecule has 1 aromatic carbocycles. The first kappa shape index (κ1) is 19.5. The SMILES string of the molecule is CCCC1=NN(C(=O)COc2ccc(Cl)c(C)c2)C(O)(C(F)(F)F)C1. The molecule has 5 nitrogen and oxygen atoms in total. The van der Waals surface area contributed by atoms with Gasteiger partial charge in [-0.05, 0) is 37.1 Å². The smallest absolute Gasteiger partial charge is 0.438 e. The molecule has 0 saturated carbocycles. The third-order valence-electron chi connectivity index (χ3n) is 3.76. The number of amides is 1. The number of hydrogen-bond acceptors (Lipinski definition) is 4. The van der Waals surface area contributed by atoms with Crippen molar-refractivity contribution < 1.29 is 27.8 Å². The molecule has 0 aromatic heterocycles. The number of aryl methyl sites for hydroxylation is 1. The van der Waals surface area contributed by atoms with Crippen LogP contribution < -0.4 is 4.74 Å². The molecular formula is C16H18ClF3N2O3. The van der Waals surface area contributed by atoms with Gasteiger partial charge in [-0.1, -0.05) is 24.9 Å². The highest BCUT2D eigenvalue weighted by atomic mass is 35.5. The summed E-state index contributed by atoms with van der Waals surface area (Å²) in [6, 6.07) is 4.60. The second kappa shape index (κ2) is 7.21. The Labute approximate surface area is 148 Å². The zero-order chi connectivity index (χ0) is 18.8. The summed E-state index contributed by atoms with van der Waals surface area (Å²) in [6.07, 6.45) is -4.97. The van der Waals surface area contributed by atoms with Crippen molar-refractivity contribution in [1.29, 1.82) is 0 Å². The summed E-state index contributed by atoms with van der Waals surface area (Å²) < 4.78 is 45.0. The van der Waals surface area contributed by atoms with Gasteiger partial charge in [-0.15, -0.1) is 0 Å². The van der Waals surface area contributed by atoms with Gasteiger partial charge in [0.25, 0.3) is 11.6 Å². The topological polar surface area (TPSA) is 62.1 Å². The predicted octanol–water partition coefficient (Wildman–Crippen LogP) is 3.67. The van der Waals surface area contributed by atoms with Crippen molar-refractivity contribution in [2.45, 2.75) is 45.0 Å². The highest BCUT2D eigenvalue weighted by molar-refractivity contribution is 6.31. The van der Waals surface area contributed by atoms with Crippen molar-refractivity contribution in [3.8, 4) is 5.75 Å². The van der Waals surface area contributed by atoms with Crippen molar-refractivity contribution in [3.05, 3.63) is 28.8 Å². The van der Waals surface area contributed by atoms with Gasteiger partial charge in [-0.2, -0.15) is 23.3 Å². The summed E-state index contributed by atoms with van der Waals surface area (Å²) in [5, 5.41) is 14.3. The van der Waals surface area contributed by atoms with Crippen LogP contribution in [0, 0.1) is 6.92 Å². The number of halogens is 4. The Balaban J connectivity index is 2.15. The molecule has 1 aromatic rings. The molecule has 0 aliphatic carbocycles. The van der Waals surface area contributed by atoms with E-state index in [1.807, 2.05) is 0 Å². The summed E-state index contributed by atoms with van der Waals surface area (Å²) >= 11 is 5.87. The number of aliphatic hydroxyl groups is 1. The van der Waals surface area contributed by atoms with Crippen molar-refractivity contribution in [2.75, 3.05) is 6.61 Å². The fraction of sp³-hybridized carbons (Fsp3) is 0.500. The highest BCUT2D eigenvalue weighted by Crippen LogP contribution is 2.40. The molecule has 0 bridgehead atoms. The molecule has 2 rings (SSSR count). The van der Waals surface area contributed by atoms with Crippen molar-refractivity contribution in [3.63, 3.8) is 0 Å². The summed E-state index contributed by atoms with van der Waals surface area (Å²) in [4.78, 5) is 12.2. The molecule has 0 radical (unpaired) electrons. The van der Waals surface area contributed by atoms with Gasteiger partial charge in [0.1, 0.15) is 5.75 Å². The lowest BCUT2D eigenvalue weighted by Crippen LogP contribution is -2.57. The Kier molecular flexibility index (Phi) is 5.63. The van der Waals surface area contributed by atoms with E-state index in [0.717, 1.165) is 0 Å². The van der Waals surface area contributed by atoms with Gasteiger partial charge in [0, 0.05) is 17.2 Å². The number of rotatable bonds is 5. The van der Waals surface area contributed by atoms with Gasteiger partial charge in [-0.25, -0.2) is 0 Å². The van der Waals surface area contributed by atoms with Crippen LogP contribution >= 0.6 is 11.6 Å². The van der Waals surface area contributed by atoms with Gasteiger partial charge in [-0.3, -0.25) is 4.79 Å². The number of nitrogens with zero attached hydrogens (tertiary/aromatic N) is 2. The Bertz CT molecular complexity index is 694. The van der Waals surface area contributed by atoms with E-state index >= 15 is 0 Å². The predicted molar refractivity (Wildman–Crippen MR) is 86.5 cm³/mol. The molecule has 1 heterocycles. The Morgan fingerprint density at radius 2 is 2.16 bits per heavy atom. The fourth-order valence-electron chi connectivity index (χ4n) is 2.44. The van der Waals surface area contributed by atoms with E-state index in [4.69, 9.17) is 16.3 Å². The molecule has 1 amide bonds. The summed E-state index contributed by atoms with van der Waals surface area (Å²) in [7, 11) is 0. The molecule has 0 spiro atoms. The van der Waals surface area contributed by atoms with E-state index in [0.29, 0.717) is 17.0 Å². The van der Waals surface area contributed by atoms with Crippen LogP contribution in [0.4, 0.5) is 13.2 Å². The lowest BCUT2D eigenvalue weighted by atomic mass is 10.0. The second-order valence-electron chi connectivity index (χ2n) is 5.81. The second-order valence-corrected chi connectivity index (χ2v) is 6.22. The third-order valence-corrected chi connectivity index (χ3v) is 4.19. The van der Waals surface area contributed by atoms with Gasteiger partial charge in [0.05, 0.1) is 0 Å². The molecule has 1 aliphatic rings. The normalized spacial score (nSPS) is 20.6. The average Bonchev–Trinajstić information content (AvgIpc) is 2.86. The van der Waals surface area contributed by atoms with Gasteiger partial charge >= 0.3 is 6.18 Å². The Morgan fingerprint density at radius 1 is 1.48 bits per heavy atom. The number of ether oxygens (including phenoxy) is 1. The Hall–Kier alpha value is -1.80. The van der Waals surface area contributed by atoms with Crippen LogP contribution in [0.25, 0.3) is 0 Å². The monoisotopic (exact) mass is 378 g/mol. The maximum Gasteiger partial charge on any atom is 0.438 e. The van der Waals surface area contributed by atoms with Crippen molar-refractivity contribution in [1.82, 2.24) is 5.01 Å². The Morgan fingerprint density at radius 3 is 2.72 bits per heavy atom. The van der Waals surface area contributed by atoms with Crippen LogP contribution in [-0.4, -0.2) is 40.2 Å². The number of carbonyl (C=O) groups excluding carboxylic acids is 1. The van der Waals surface area contributed by atoms with Gasteiger partial charge in [0.15, 0.2) is 6.61 Å². The molecular weight excluding hydrogens is 361 g/mol. The molecule has 9 heteroatoms. The zero-order valence-corrected chi connectivity index (χ0v) is 14.5. The van der Waals surface area contributed by atoms with Gasteiger partial charge in [0.2, 0.25) is 0 Å². The largest absolute Gasteiger partial charge is 0.484 e. The summed E-state index contributed by atoms with van der Waals surface area (Å²) in [5.74, 6) is -0.804. The minimum absolute atomic E-state index is 0.0841. The molecule has 0 fully saturated rings. The van der Waals surface area contributed by atoms with E-state index in [9.17, 15) is 23.1 Å². The molecule has 1 unspecified atom stereocenters. The number of hydrogen-bond donors (Lipinski definition) is 1. The molecule has 1 N–H and O–H groups in total. The van der Waals surface area contributed by atoms with Crippen LogP contribution in [0.2, 0.25) is 5.02 Å². The zero-order valence-electron chi connectivity index (χ0n) is 13.7. The minimum Gasteiger partial charge on any atom is -0.484 e. The average molecular weight is 379 g/mol. The molecule has 1 atom stereocenters. The number of benzene rings is 1. The van der Waals surface area contributed by atoms with Crippen LogP contribution in [-0.2, 0) is 4.79 Å². The standard InChI is InChI=1S/C16H18ClF3N2O3/c1-3-4-11-8-15(24,16(18,19)20)22(21-11)14(23)9-25-12-5-6-13(17)10(2)7-12/h5-7,24H,3-4,8-9H2,1-2H3. The lowest BCUT2D eigenvalue weighted by molar-refractivity contribution is -0.302. The summed E-state index contributed by atoms with van der Waals surface area (Å²) in [6.45, 7) is 2.80. The minimum atomic E-state index is -5.03. The van der Waals surface area contributed by atoms with Crippen LogP contribution in [0.15, 0.2) is 23.3 Å². The molecule has 1 aliphatic heterocycles. The first-order valence-electron chi connectivity index (χ1n) is 7.66. The summed E-state index contributed by atoms with van der Waals surface area (Å²) in [5.41, 5.74) is -2.52. The van der Waals surface area contributed by atoms with Crippen molar-refractivity contribution >= 4 is 23.2 Å². The van der Waals surface area contributed by atoms with Crippen molar-refractivity contribution in [2.24, 2.45) is 5.10 Å². The lowest BCUT2D eigenvalue weighted by Gasteiger charge is -2.32. The molecule has 138 valence electrons. The highest BCUT2D eigenvalue weighted by Gasteiger charge is 2.63. The van der Waals surface area contributed by atoms with E-state index in [1.54, 1.807) is 26.0 Å². The maximum absolute atomic E-state index is 13.3. The maximum atomic E-state index is 13.3. The third kappa shape index (κ3) is 4.07. The first-order valence-corrected chi connectivity index (χ1v) is 8.03. The van der Waals surface area contributed by atoms with Gasteiger partial charge < -0.3 is 9.84 Å². The fourth-order valence-corrected chi connectivity index (χ4v) is 2.56. The molecule has 25 heavy (non-hydrogen) atoms. The quantitative estimate of drug-likeness (QED) is 0.850. The van der Waals surface area contributed by atoms with E-state index in [2.05, 4.69) is 5.10 Å². The molecule has 0 saturated heterocycles. The first-order chi connectivity index (χ1) is 11.6. The van der Waals surface area contributed by atoms with Crippen LogP contribution in [0.5, 0.6) is 5.75 Å². The number of hydrazone groups is 1. The van der Waals surface area contributed by atoms with E-state index in [1.165, 1.54) is 6.07 Å². The van der Waals surface area contributed by atoms with E-state index < -0.39 is 30.8 Å². The van der Waals surface area contributed by atoms with E-state index in [-0.39, 0.29) is 22.9 Å². The number of carbonyl (C=O) groups is 1. The van der Waals surface area contributed by atoms with Crippen LogP contribution in [0.1, 0.15) is 31.7 Å². The van der Waals surface area contributed by atoms with Crippen LogP contribution in [0.3, 0.4) is 0 Å².